The first-order valence-corrected chi connectivity index (χ1v) is 7.47. The average Bonchev–Trinajstić information content (AvgIpc) is 2.26. The maximum absolute atomic E-state index is 5.94. The van der Waals surface area contributed by atoms with Gasteiger partial charge in [-0.3, -0.25) is 0 Å². The molecule has 0 spiro atoms. The molecule has 1 nitrogen and oxygen atoms in total. The Morgan fingerprint density at radius 1 is 0.812 bits per heavy atom. The Labute approximate surface area is 103 Å². The highest BCUT2D eigenvalue weighted by Gasteiger charge is 2.10. The van der Waals surface area contributed by atoms with Crippen molar-refractivity contribution in [3.8, 4) is 0 Å². The Kier molecular flexibility index (Phi) is 11.4. The van der Waals surface area contributed by atoms with E-state index < -0.39 is 0 Å². The van der Waals surface area contributed by atoms with Crippen LogP contribution in [0.25, 0.3) is 0 Å². The fourth-order valence-corrected chi connectivity index (χ4v) is 2.38. The van der Waals surface area contributed by atoms with Gasteiger partial charge < -0.3 is 5.73 Å². The molecule has 0 aromatic rings. The second kappa shape index (κ2) is 11.4. The molecular formula is C15H33N. The summed E-state index contributed by atoms with van der Waals surface area (Å²) in [6.07, 6.45) is 13.9. The van der Waals surface area contributed by atoms with Crippen molar-refractivity contribution in [2.75, 3.05) is 0 Å². The smallest absolute Gasteiger partial charge is 0.00386 e. The maximum Gasteiger partial charge on any atom is 0.00386 e. The third-order valence-electron chi connectivity index (χ3n) is 3.70. The van der Waals surface area contributed by atoms with E-state index in [1.54, 1.807) is 0 Å². The minimum atomic E-state index is 0.384. The largest absolute Gasteiger partial charge is 0.328 e. The van der Waals surface area contributed by atoms with Crippen LogP contribution in [0.15, 0.2) is 0 Å². The molecule has 16 heavy (non-hydrogen) atoms. The molecule has 0 saturated carbocycles. The lowest BCUT2D eigenvalue weighted by Crippen LogP contribution is -2.25. The molecule has 0 aliphatic rings. The zero-order chi connectivity index (χ0) is 12.2. The highest BCUT2D eigenvalue weighted by molar-refractivity contribution is 4.66. The van der Waals surface area contributed by atoms with Crippen molar-refractivity contribution in [1.82, 2.24) is 0 Å². The fourth-order valence-electron chi connectivity index (χ4n) is 2.38. The topological polar surface area (TPSA) is 26.0 Å². The molecule has 0 aromatic carbocycles. The van der Waals surface area contributed by atoms with Crippen LogP contribution in [0.3, 0.4) is 0 Å². The molecule has 0 aliphatic heterocycles. The molecule has 2 N–H and O–H groups in total. The molecule has 1 heteroatoms. The number of rotatable bonds is 11. The lowest BCUT2D eigenvalue weighted by Gasteiger charge is -2.18. The van der Waals surface area contributed by atoms with E-state index in [-0.39, 0.29) is 0 Å². The molecule has 0 bridgehead atoms. The van der Waals surface area contributed by atoms with Crippen molar-refractivity contribution in [2.45, 2.75) is 91.0 Å². The van der Waals surface area contributed by atoms with Gasteiger partial charge in [0.25, 0.3) is 0 Å². The Morgan fingerprint density at radius 2 is 1.31 bits per heavy atom. The Hall–Kier alpha value is -0.0400. The van der Waals surface area contributed by atoms with E-state index >= 15 is 0 Å². The average molecular weight is 227 g/mol. The summed E-state index contributed by atoms with van der Waals surface area (Å²) in [7, 11) is 0. The summed E-state index contributed by atoms with van der Waals surface area (Å²) in [5.41, 5.74) is 5.94. The number of unbranched alkanes of at least 4 members (excludes halogenated alkanes) is 7. The van der Waals surface area contributed by atoms with Gasteiger partial charge in [0.1, 0.15) is 0 Å². The molecule has 2 unspecified atom stereocenters. The van der Waals surface area contributed by atoms with Crippen molar-refractivity contribution in [1.29, 1.82) is 0 Å². The first kappa shape index (κ1) is 16.0. The summed E-state index contributed by atoms with van der Waals surface area (Å²) in [6.45, 7) is 6.69. The summed E-state index contributed by atoms with van der Waals surface area (Å²) in [5, 5.41) is 0. The predicted octanol–water partition coefficient (Wildman–Crippen LogP) is 4.89. The standard InChI is InChI=1S/C15H33N/c1-4-6-7-8-9-10-11-12-13-15(5-2)14(3)16/h14-15H,4-13,16H2,1-3H3. The fraction of sp³-hybridized carbons (Fsp3) is 1.00. The second-order valence-electron chi connectivity index (χ2n) is 5.29. The van der Waals surface area contributed by atoms with Crippen LogP contribution in [0.5, 0.6) is 0 Å². The molecule has 0 fully saturated rings. The first-order chi connectivity index (χ1) is 7.72. The molecule has 0 rings (SSSR count). The van der Waals surface area contributed by atoms with E-state index in [4.69, 9.17) is 5.73 Å². The van der Waals surface area contributed by atoms with Gasteiger partial charge in [0.05, 0.1) is 0 Å². The Balaban J connectivity index is 3.19. The van der Waals surface area contributed by atoms with Gasteiger partial charge in [0.2, 0.25) is 0 Å². The van der Waals surface area contributed by atoms with Crippen molar-refractivity contribution in [2.24, 2.45) is 11.7 Å². The van der Waals surface area contributed by atoms with E-state index in [9.17, 15) is 0 Å². The number of hydrogen-bond acceptors (Lipinski definition) is 1. The van der Waals surface area contributed by atoms with E-state index in [1.807, 2.05) is 0 Å². The monoisotopic (exact) mass is 227 g/mol. The highest BCUT2D eigenvalue weighted by atomic mass is 14.6. The van der Waals surface area contributed by atoms with Gasteiger partial charge in [-0.1, -0.05) is 71.6 Å². The van der Waals surface area contributed by atoms with Crippen molar-refractivity contribution in [3.05, 3.63) is 0 Å². The summed E-state index contributed by atoms with van der Waals surface area (Å²) in [4.78, 5) is 0. The second-order valence-corrected chi connectivity index (χ2v) is 5.29. The summed E-state index contributed by atoms with van der Waals surface area (Å²) < 4.78 is 0. The van der Waals surface area contributed by atoms with Crippen LogP contribution in [0.2, 0.25) is 0 Å². The van der Waals surface area contributed by atoms with E-state index in [0.29, 0.717) is 6.04 Å². The minimum absolute atomic E-state index is 0.384. The van der Waals surface area contributed by atoms with Crippen LogP contribution in [-0.4, -0.2) is 6.04 Å². The number of hydrogen-bond donors (Lipinski definition) is 1. The summed E-state index contributed by atoms with van der Waals surface area (Å²) in [5.74, 6) is 0.750. The van der Waals surface area contributed by atoms with Crippen LogP contribution >= 0.6 is 0 Å². The lowest BCUT2D eigenvalue weighted by molar-refractivity contribution is 0.381. The minimum Gasteiger partial charge on any atom is -0.328 e. The van der Waals surface area contributed by atoms with Gasteiger partial charge in [-0.05, 0) is 19.3 Å². The molecule has 0 aliphatic carbocycles. The highest BCUT2D eigenvalue weighted by Crippen LogP contribution is 2.17. The molecule has 0 saturated heterocycles. The molecule has 98 valence electrons. The Morgan fingerprint density at radius 3 is 1.75 bits per heavy atom. The third-order valence-corrected chi connectivity index (χ3v) is 3.70. The zero-order valence-electron chi connectivity index (χ0n) is 11.8. The number of nitrogens with two attached hydrogens (primary N) is 1. The third kappa shape index (κ3) is 9.21. The van der Waals surface area contributed by atoms with Gasteiger partial charge in [0.15, 0.2) is 0 Å². The van der Waals surface area contributed by atoms with E-state index in [0.717, 1.165) is 5.92 Å². The van der Waals surface area contributed by atoms with Gasteiger partial charge in [-0.25, -0.2) is 0 Å². The summed E-state index contributed by atoms with van der Waals surface area (Å²) >= 11 is 0. The molecule has 0 radical (unpaired) electrons. The SMILES string of the molecule is CCCCCCCCCCC(CC)C(C)N. The van der Waals surface area contributed by atoms with Crippen molar-refractivity contribution < 1.29 is 0 Å². The summed E-state index contributed by atoms with van der Waals surface area (Å²) in [6, 6.07) is 0.384. The maximum atomic E-state index is 5.94. The van der Waals surface area contributed by atoms with Crippen molar-refractivity contribution >= 4 is 0 Å². The van der Waals surface area contributed by atoms with Crippen LogP contribution in [0.4, 0.5) is 0 Å². The van der Waals surface area contributed by atoms with Crippen LogP contribution in [-0.2, 0) is 0 Å². The van der Waals surface area contributed by atoms with Gasteiger partial charge in [0, 0.05) is 6.04 Å². The van der Waals surface area contributed by atoms with Gasteiger partial charge in [-0.15, -0.1) is 0 Å². The van der Waals surface area contributed by atoms with Crippen LogP contribution in [0, 0.1) is 5.92 Å². The Bertz CT molecular complexity index is 131. The molecule has 2 atom stereocenters. The van der Waals surface area contributed by atoms with Crippen LogP contribution < -0.4 is 5.73 Å². The lowest BCUT2D eigenvalue weighted by atomic mass is 9.92. The molecule has 0 heterocycles. The molecule has 0 amide bonds. The predicted molar refractivity (Wildman–Crippen MR) is 74.7 cm³/mol. The molecule has 0 aromatic heterocycles. The zero-order valence-corrected chi connectivity index (χ0v) is 11.8. The van der Waals surface area contributed by atoms with Crippen molar-refractivity contribution in [3.63, 3.8) is 0 Å². The van der Waals surface area contributed by atoms with Crippen LogP contribution in [0.1, 0.15) is 85.0 Å². The van der Waals surface area contributed by atoms with Gasteiger partial charge >= 0.3 is 0 Å². The van der Waals surface area contributed by atoms with E-state index in [1.165, 1.54) is 64.2 Å². The quantitative estimate of drug-likeness (QED) is 0.500. The normalized spacial score (nSPS) is 15.0. The molecular weight excluding hydrogens is 194 g/mol. The van der Waals surface area contributed by atoms with Gasteiger partial charge in [-0.2, -0.15) is 0 Å². The van der Waals surface area contributed by atoms with E-state index in [2.05, 4.69) is 20.8 Å². The first-order valence-electron chi connectivity index (χ1n) is 7.47.